The maximum atomic E-state index is 10.6. The van der Waals surface area contributed by atoms with Crippen LogP contribution >= 0.6 is 0 Å². The van der Waals surface area contributed by atoms with Gasteiger partial charge in [0, 0.05) is 6.07 Å². The molecule has 1 unspecified atom stereocenters. The van der Waals surface area contributed by atoms with Crippen molar-refractivity contribution in [3.63, 3.8) is 0 Å². The highest BCUT2D eigenvalue weighted by Crippen LogP contribution is 2.32. The Balaban J connectivity index is 3.02. The molecule has 0 heterocycles. The first kappa shape index (κ1) is 13.8. The zero-order valence-electron chi connectivity index (χ0n) is 10.2. The average Bonchev–Trinajstić information content (AvgIpc) is 2.35. The van der Waals surface area contributed by atoms with Gasteiger partial charge in [-0.15, -0.1) is 0 Å². The normalized spacial score (nSPS) is 11.7. The number of nitrogens with one attached hydrogen (secondary N) is 1. The molecule has 7 nitrogen and oxygen atoms in total. The van der Waals surface area contributed by atoms with Gasteiger partial charge >= 0.3 is 0 Å². The molecule has 0 aliphatic heterocycles. The highest BCUT2D eigenvalue weighted by atomic mass is 16.6. The van der Waals surface area contributed by atoms with E-state index in [2.05, 4.69) is 0 Å². The second-order valence-corrected chi connectivity index (χ2v) is 3.56. The number of nitrogens with two attached hydrogens (primary N) is 1. The Morgan fingerprint density at radius 3 is 2.67 bits per heavy atom. The largest absolute Gasteiger partial charge is 0.493 e. The van der Waals surface area contributed by atoms with E-state index in [1.165, 1.54) is 25.3 Å². The Hall–Kier alpha value is -2.31. The third-order valence-electron chi connectivity index (χ3n) is 2.34. The summed E-state index contributed by atoms with van der Waals surface area (Å²) in [6, 6.07) is 4.01. The molecule has 3 N–H and O–H groups in total. The molecule has 0 saturated carbocycles. The van der Waals surface area contributed by atoms with Crippen molar-refractivity contribution in [1.29, 1.82) is 5.41 Å². The van der Waals surface area contributed by atoms with E-state index in [-0.39, 0.29) is 17.3 Å². The van der Waals surface area contributed by atoms with Gasteiger partial charge in [0.05, 0.1) is 18.1 Å². The standard InChI is InChI=1S/C11H15N3O4/c1-3-8(11(12)13)18-9-5-4-7(14(15)16)6-10(9)17-2/h4-6,8H,3H2,1-2H3,(H3,12,13). The Labute approximate surface area is 104 Å². The molecule has 0 radical (unpaired) electrons. The Morgan fingerprint density at radius 2 is 2.22 bits per heavy atom. The van der Waals surface area contributed by atoms with Gasteiger partial charge in [0.25, 0.3) is 5.69 Å². The molecule has 1 aromatic rings. The molecule has 0 aliphatic rings. The van der Waals surface area contributed by atoms with Gasteiger partial charge in [-0.25, -0.2) is 0 Å². The first-order chi connectivity index (χ1) is 8.49. The summed E-state index contributed by atoms with van der Waals surface area (Å²) in [6.45, 7) is 1.82. The Morgan fingerprint density at radius 1 is 1.56 bits per heavy atom. The minimum atomic E-state index is -0.569. The summed E-state index contributed by atoms with van der Waals surface area (Å²) >= 11 is 0. The molecule has 0 bridgehead atoms. The minimum absolute atomic E-state index is 0.0879. The highest BCUT2D eigenvalue weighted by Gasteiger charge is 2.17. The van der Waals surface area contributed by atoms with E-state index in [1.54, 1.807) is 0 Å². The van der Waals surface area contributed by atoms with Crippen molar-refractivity contribution in [3.8, 4) is 11.5 Å². The second kappa shape index (κ2) is 5.85. The van der Waals surface area contributed by atoms with E-state index in [9.17, 15) is 10.1 Å². The molecular weight excluding hydrogens is 238 g/mol. The summed E-state index contributed by atoms with van der Waals surface area (Å²) in [5.74, 6) is 0.465. The van der Waals surface area contributed by atoms with Gasteiger partial charge in [0.1, 0.15) is 5.84 Å². The summed E-state index contributed by atoms with van der Waals surface area (Å²) in [5, 5.41) is 18.0. The van der Waals surface area contributed by atoms with Crippen LogP contribution < -0.4 is 15.2 Å². The number of nitrogens with zero attached hydrogens (tertiary/aromatic N) is 1. The van der Waals surface area contributed by atoms with Crippen molar-refractivity contribution in [2.75, 3.05) is 7.11 Å². The SMILES string of the molecule is CCC(Oc1ccc([N+](=O)[O-])cc1OC)C(=N)N. The third-order valence-corrected chi connectivity index (χ3v) is 2.34. The number of amidine groups is 1. The molecule has 0 amide bonds. The van der Waals surface area contributed by atoms with Gasteiger partial charge < -0.3 is 15.2 Å². The molecule has 1 rings (SSSR count). The van der Waals surface area contributed by atoms with E-state index in [1.807, 2.05) is 6.92 Å². The van der Waals surface area contributed by atoms with Gasteiger partial charge in [0.15, 0.2) is 17.6 Å². The fraction of sp³-hybridized carbons (Fsp3) is 0.364. The van der Waals surface area contributed by atoms with Crippen LogP contribution in [0, 0.1) is 15.5 Å². The molecular formula is C11H15N3O4. The van der Waals surface area contributed by atoms with Gasteiger partial charge in [-0.2, -0.15) is 0 Å². The van der Waals surface area contributed by atoms with Crippen molar-refractivity contribution in [2.45, 2.75) is 19.4 Å². The number of rotatable bonds is 6. The second-order valence-electron chi connectivity index (χ2n) is 3.56. The molecule has 1 aromatic carbocycles. The first-order valence-corrected chi connectivity index (χ1v) is 5.32. The van der Waals surface area contributed by atoms with Crippen LogP contribution in [0.3, 0.4) is 0 Å². The van der Waals surface area contributed by atoms with Crippen molar-refractivity contribution in [2.24, 2.45) is 5.73 Å². The number of methoxy groups -OCH3 is 1. The van der Waals surface area contributed by atoms with E-state index in [4.69, 9.17) is 20.6 Å². The van der Waals surface area contributed by atoms with E-state index < -0.39 is 11.0 Å². The Bertz CT molecular complexity index is 462. The predicted octanol–water partition coefficient (Wildman–Crippen LogP) is 1.70. The van der Waals surface area contributed by atoms with Gasteiger partial charge in [-0.05, 0) is 12.5 Å². The molecule has 7 heteroatoms. The summed E-state index contributed by atoms with van der Waals surface area (Å²) in [7, 11) is 1.39. The molecule has 0 spiro atoms. The van der Waals surface area contributed by atoms with Crippen LogP contribution in [0.1, 0.15) is 13.3 Å². The van der Waals surface area contributed by atoms with Gasteiger partial charge in [-0.3, -0.25) is 15.5 Å². The maximum Gasteiger partial charge on any atom is 0.273 e. The van der Waals surface area contributed by atoms with Crippen LogP contribution in [0.25, 0.3) is 0 Å². The van der Waals surface area contributed by atoms with Crippen molar-refractivity contribution < 1.29 is 14.4 Å². The van der Waals surface area contributed by atoms with Crippen LogP contribution in [0.15, 0.2) is 18.2 Å². The lowest BCUT2D eigenvalue weighted by atomic mass is 10.2. The number of ether oxygens (including phenoxy) is 2. The van der Waals surface area contributed by atoms with Crippen LogP contribution in [-0.4, -0.2) is 24.0 Å². The van der Waals surface area contributed by atoms with Crippen molar-refractivity contribution in [3.05, 3.63) is 28.3 Å². The fourth-order valence-electron chi connectivity index (χ4n) is 1.39. The molecule has 0 aliphatic carbocycles. The van der Waals surface area contributed by atoms with Crippen LogP contribution in [-0.2, 0) is 0 Å². The summed E-state index contributed by atoms with van der Waals surface area (Å²) < 4.78 is 10.5. The molecule has 18 heavy (non-hydrogen) atoms. The third kappa shape index (κ3) is 3.09. The lowest BCUT2D eigenvalue weighted by Gasteiger charge is -2.17. The topological polar surface area (TPSA) is 111 Å². The summed E-state index contributed by atoms with van der Waals surface area (Å²) in [4.78, 5) is 10.1. The molecule has 0 aromatic heterocycles. The number of hydrogen-bond donors (Lipinski definition) is 2. The maximum absolute atomic E-state index is 10.6. The monoisotopic (exact) mass is 253 g/mol. The number of nitro groups is 1. The van der Waals surface area contributed by atoms with Gasteiger partial charge in [0.2, 0.25) is 0 Å². The fourth-order valence-corrected chi connectivity index (χ4v) is 1.39. The molecule has 1 atom stereocenters. The van der Waals surface area contributed by atoms with Crippen molar-refractivity contribution in [1.82, 2.24) is 0 Å². The summed E-state index contributed by atoms with van der Waals surface area (Å²) in [5.41, 5.74) is 5.29. The Kier molecular flexibility index (Phi) is 4.47. The van der Waals surface area contributed by atoms with Gasteiger partial charge in [-0.1, -0.05) is 6.92 Å². The van der Waals surface area contributed by atoms with Crippen LogP contribution in [0.2, 0.25) is 0 Å². The predicted molar refractivity (Wildman–Crippen MR) is 66.3 cm³/mol. The zero-order valence-corrected chi connectivity index (χ0v) is 10.2. The van der Waals surface area contributed by atoms with Crippen LogP contribution in [0.4, 0.5) is 5.69 Å². The number of benzene rings is 1. The summed E-state index contributed by atoms with van der Waals surface area (Å²) in [6.07, 6.45) is -0.0458. The average molecular weight is 253 g/mol. The van der Waals surface area contributed by atoms with E-state index >= 15 is 0 Å². The van der Waals surface area contributed by atoms with Crippen molar-refractivity contribution >= 4 is 11.5 Å². The number of hydrogen-bond acceptors (Lipinski definition) is 5. The first-order valence-electron chi connectivity index (χ1n) is 5.32. The molecule has 98 valence electrons. The van der Waals surface area contributed by atoms with Crippen LogP contribution in [0.5, 0.6) is 11.5 Å². The number of non-ortho nitro benzene ring substituents is 1. The van der Waals surface area contributed by atoms with E-state index in [0.717, 1.165) is 0 Å². The molecule has 0 fully saturated rings. The quantitative estimate of drug-likeness (QED) is 0.347. The lowest BCUT2D eigenvalue weighted by molar-refractivity contribution is -0.385. The van der Waals surface area contributed by atoms with E-state index in [0.29, 0.717) is 12.2 Å². The highest BCUT2D eigenvalue weighted by molar-refractivity contribution is 5.82. The number of nitro benzene ring substituents is 1. The minimum Gasteiger partial charge on any atom is -0.493 e. The smallest absolute Gasteiger partial charge is 0.273 e. The lowest BCUT2D eigenvalue weighted by Crippen LogP contribution is -2.32. The zero-order chi connectivity index (χ0) is 13.7. The molecule has 0 saturated heterocycles.